The molecule has 1 fully saturated rings. The molecule has 0 radical (unpaired) electrons. The Kier molecular flexibility index (Phi) is 5.84. The molecule has 110 valence electrons. The summed E-state index contributed by atoms with van der Waals surface area (Å²) in [6.45, 7) is 7.11. The van der Waals surface area contributed by atoms with Gasteiger partial charge in [-0.1, -0.05) is 13.8 Å². The van der Waals surface area contributed by atoms with Crippen LogP contribution in [0.15, 0.2) is 24.3 Å². The van der Waals surface area contributed by atoms with Crippen LogP contribution in [0.2, 0.25) is 0 Å². The van der Waals surface area contributed by atoms with E-state index < -0.39 is 0 Å². The molecule has 0 aromatic heterocycles. The van der Waals surface area contributed by atoms with Crippen LogP contribution in [0.1, 0.15) is 37.0 Å². The van der Waals surface area contributed by atoms with E-state index in [-0.39, 0.29) is 5.91 Å². The van der Waals surface area contributed by atoms with Gasteiger partial charge in [-0.05, 0) is 72.2 Å². The molecular formula is C16H23IN2O. The average Bonchev–Trinajstić information content (AvgIpc) is 2.45. The Balaban J connectivity index is 1.94. The van der Waals surface area contributed by atoms with E-state index >= 15 is 0 Å². The summed E-state index contributed by atoms with van der Waals surface area (Å²) >= 11 is 2.26. The first-order valence-corrected chi connectivity index (χ1v) is 8.42. The number of hydrogen-bond acceptors (Lipinski definition) is 2. The van der Waals surface area contributed by atoms with Crippen LogP contribution < -0.4 is 5.32 Å². The highest BCUT2D eigenvalue weighted by Gasteiger charge is 2.24. The number of rotatable bonds is 4. The molecule has 1 unspecified atom stereocenters. The van der Waals surface area contributed by atoms with Crippen molar-refractivity contribution >= 4 is 28.5 Å². The van der Waals surface area contributed by atoms with E-state index in [1.165, 1.54) is 6.42 Å². The molecule has 20 heavy (non-hydrogen) atoms. The number of carbonyl (C=O) groups excluding carboxylic acids is 1. The highest BCUT2D eigenvalue weighted by atomic mass is 127. The first-order valence-electron chi connectivity index (χ1n) is 7.34. The van der Waals surface area contributed by atoms with E-state index in [4.69, 9.17) is 0 Å². The first kappa shape index (κ1) is 15.8. The largest absolute Gasteiger partial charge is 0.338 e. The Labute approximate surface area is 135 Å². The third-order valence-electron chi connectivity index (χ3n) is 3.71. The fraction of sp³-hybridized carbons (Fsp3) is 0.562. The molecule has 0 aliphatic carbocycles. The molecule has 1 aromatic rings. The quantitative estimate of drug-likeness (QED) is 0.807. The first-order chi connectivity index (χ1) is 9.56. The standard InChI is InChI=1S/C16H23IN2O/c1-12(2)18-10-13-4-3-9-19(11-13)16(20)14-5-7-15(17)8-6-14/h5-8,12-13,18H,3-4,9-11H2,1-2H3. The van der Waals surface area contributed by atoms with Gasteiger partial charge in [0.15, 0.2) is 0 Å². The van der Waals surface area contributed by atoms with Crippen molar-refractivity contribution in [2.45, 2.75) is 32.7 Å². The molecule has 1 aromatic carbocycles. The summed E-state index contributed by atoms with van der Waals surface area (Å²) in [4.78, 5) is 14.5. The highest BCUT2D eigenvalue weighted by Crippen LogP contribution is 2.18. The van der Waals surface area contributed by atoms with Crippen LogP contribution in [0.3, 0.4) is 0 Å². The van der Waals surface area contributed by atoms with E-state index in [0.29, 0.717) is 12.0 Å². The molecule has 1 aliphatic heterocycles. The molecule has 1 atom stereocenters. The van der Waals surface area contributed by atoms with Crippen molar-refractivity contribution in [2.24, 2.45) is 5.92 Å². The molecule has 0 bridgehead atoms. The summed E-state index contributed by atoms with van der Waals surface area (Å²) in [5.41, 5.74) is 0.808. The van der Waals surface area contributed by atoms with E-state index in [1.807, 2.05) is 29.2 Å². The summed E-state index contributed by atoms with van der Waals surface area (Å²) < 4.78 is 1.16. The van der Waals surface area contributed by atoms with Crippen LogP contribution in [0.5, 0.6) is 0 Å². The van der Waals surface area contributed by atoms with Crippen LogP contribution >= 0.6 is 22.6 Å². The monoisotopic (exact) mass is 386 g/mol. The van der Waals surface area contributed by atoms with E-state index in [1.54, 1.807) is 0 Å². The number of carbonyl (C=O) groups is 1. The normalized spacial score (nSPS) is 19.4. The smallest absolute Gasteiger partial charge is 0.253 e. The van der Waals surface area contributed by atoms with Crippen LogP contribution in [0.4, 0.5) is 0 Å². The van der Waals surface area contributed by atoms with Gasteiger partial charge in [-0.3, -0.25) is 4.79 Å². The summed E-state index contributed by atoms with van der Waals surface area (Å²) in [5, 5.41) is 3.48. The highest BCUT2D eigenvalue weighted by molar-refractivity contribution is 14.1. The maximum absolute atomic E-state index is 12.5. The lowest BCUT2D eigenvalue weighted by Crippen LogP contribution is -2.43. The summed E-state index contributed by atoms with van der Waals surface area (Å²) in [7, 11) is 0. The minimum absolute atomic E-state index is 0.177. The third kappa shape index (κ3) is 4.45. The molecule has 2 rings (SSSR count). The molecule has 0 saturated carbocycles. The number of amides is 1. The van der Waals surface area contributed by atoms with Gasteiger partial charge in [0.25, 0.3) is 5.91 Å². The van der Waals surface area contributed by atoms with Crippen molar-refractivity contribution in [3.63, 3.8) is 0 Å². The molecule has 3 nitrogen and oxygen atoms in total. The maximum atomic E-state index is 12.5. The van der Waals surface area contributed by atoms with Gasteiger partial charge in [-0.25, -0.2) is 0 Å². The number of halogens is 1. The Bertz CT molecular complexity index is 444. The Hall–Kier alpha value is -0.620. The number of nitrogens with zero attached hydrogens (tertiary/aromatic N) is 1. The zero-order chi connectivity index (χ0) is 14.5. The lowest BCUT2D eigenvalue weighted by molar-refractivity contribution is 0.0672. The SMILES string of the molecule is CC(C)NCC1CCCN(C(=O)c2ccc(I)cc2)C1. The molecule has 1 heterocycles. The number of hydrogen-bond donors (Lipinski definition) is 1. The van der Waals surface area contributed by atoms with E-state index in [0.717, 1.165) is 35.2 Å². The molecule has 1 N–H and O–H groups in total. The third-order valence-corrected chi connectivity index (χ3v) is 4.43. The second-order valence-corrected chi connectivity index (χ2v) is 7.07. The zero-order valence-corrected chi connectivity index (χ0v) is 14.4. The number of likely N-dealkylation sites (tertiary alicyclic amines) is 1. The summed E-state index contributed by atoms with van der Waals surface area (Å²) in [5.74, 6) is 0.759. The lowest BCUT2D eigenvalue weighted by atomic mass is 9.97. The molecule has 1 saturated heterocycles. The minimum Gasteiger partial charge on any atom is -0.338 e. The van der Waals surface area contributed by atoms with Gasteiger partial charge in [-0.2, -0.15) is 0 Å². The molecule has 1 aliphatic rings. The van der Waals surface area contributed by atoms with Crippen LogP contribution in [-0.2, 0) is 0 Å². The second kappa shape index (κ2) is 7.41. The predicted molar refractivity (Wildman–Crippen MR) is 90.9 cm³/mol. The van der Waals surface area contributed by atoms with Gasteiger partial charge in [0.05, 0.1) is 0 Å². The van der Waals surface area contributed by atoms with Crippen LogP contribution in [0.25, 0.3) is 0 Å². The Morgan fingerprint density at radius 3 is 2.75 bits per heavy atom. The van der Waals surface area contributed by atoms with E-state index in [2.05, 4.69) is 41.8 Å². The van der Waals surface area contributed by atoms with Gasteiger partial charge in [0, 0.05) is 28.3 Å². The van der Waals surface area contributed by atoms with E-state index in [9.17, 15) is 4.79 Å². The van der Waals surface area contributed by atoms with Crippen molar-refractivity contribution in [3.8, 4) is 0 Å². The van der Waals surface area contributed by atoms with Crippen molar-refractivity contribution in [1.29, 1.82) is 0 Å². The molecule has 0 spiro atoms. The van der Waals surface area contributed by atoms with Crippen molar-refractivity contribution < 1.29 is 4.79 Å². The molecular weight excluding hydrogens is 363 g/mol. The Morgan fingerprint density at radius 2 is 2.10 bits per heavy atom. The summed E-state index contributed by atoms with van der Waals surface area (Å²) in [6.07, 6.45) is 2.33. The summed E-state index contributed by atoms with van der Waals surface area (Å²) in [6, 6.07) is 8.36. The second-order valence-electron chi connectivity index (χ2n) is 5.83. The maximum Gasteiger partial charge on any atom is 0.253 e. The fourth-order valence-electron chi connectivity index (χ4n) is 2.59. The lowest BCUT2D eigenvalue weighted by Gasteiger charge is -2.33. The van der Waals surface area contributed by atoms with Gasteiger partial charge in [-0.15, -0.1) is 0 Å². The van der Waals surface area contributed by atoms with Crippen molar-refractivity contribution in [1.82, 2.24) is 10.2 Å². The average molecular weight is 386 g/mol. The fourth-order valence-corrected chi connectivity index (χ4v) is 2.95. The van der Waals surface area contributed by atoms with Crippen LogP contribution in [0, 0.1) is 9.49 Å². The number of nitrogens with one attached hydrogen (secondary N) is 1. The predicted octanol–water partition coefficient (Wildman–Crippen LogP) is 3.14. The van der Waals surface area contributed by atoms with Crippen molar-refractivity contribution in [2.75, 3.05) is 19.6 Å². The number of benzene rings is 1. The van der Waals surface area contributed by atoms with Crippen molar-refractivity contribution in [3.05, 3.63) is 33.4 Å². The number of piperidine rings is 1. The van der Waals surface area contributed by atoms with Gasteiger partial charge in [0.2, 0.25) is 0 Å². The van der Waals surface area contributed by atoms with Gasteiger partial charge in [0.1, 0.15) is 0 Å². The molecule has 1 amide bonds. The minimum atomic E-state index is 0.177. The van der Waals surface area contributed by atoms with Gasteiger partial charge < -0.3 is 10.2 Å². The Morgan fingerprint density at radius 1 is 1.40 bits per heavy atom. The van der Waals surface area contributed by atoms with Crippen LogP contribution in [-0.4, -0.2) is 36.5 Å². The van der Waals surface area contributed by atoms with Gasteiger partial charge >= 0.3 is 0 Å². The zero-order valence-electron chi connectivity index (χ0n) is 12.2. The molecule has 4 heteroatoms. The topological polar surface area (TPSA) is 32.3 Å².